The molecule has 178 valence electrons. The zero-order chi connectivity index (χ0) is 24.7. The largest absolute Gasteiger partial charge is 0.333 e. The number of ketones is 1. The van der Waals surface area contributed by atoms with E-state index in [0.29, 0.717) is 24.7 Å². The Kier molecular flexibility index (Phi) is 26.4. The number of fused-ring (bicyclic) bond motifs is 2. The van der Waals surface area contributed by atoms with Crippen LogP contribution in [0.2, 0.25) is 0 Å². The molecule has 2 aliphatic carbocycles. The summed E-state index contributed by atoms with van der Waals surface area (Å²) < 4.78 is 0. The smallest absolute Gasteiger partial charge is 0.141 e. The molecule has 0 bridgehead atoms. The molecule has 0 amide bonds. The summed E-state index contributed by atoms with van der Waals surface area (Å²) in [6.07, 6.45) is 3.70. The highest BCUT2D eigenvalue weighted by Crippen LogP contribution is 2.21. The molecule has 0 aliphatic heterocycles. The molecule has 3 heteroatoms. The Balaban J connectivity index is -0.000000363. The minimum atomic E-state index is 0.348. The Labute approximate surface area is 193 Å². The average molecular weight is 431 g/mol. The summed E-state index contributed by atoms with van der Waals surface area (Å²) in [6, 6.07) is 17.4. The summed E-state index contributed by atoms with van der Waals surface area (Å²) in [5.74, 6) is 0.348. The lowest BCUT2D eigenvalue weighted by Crippen LogP contribution is -2.24. The number of carbonyl (C=O) groups excluding carboxylic acids is 1. The summed E-state index contributed by atoms with van der Waals surface area (Å²) in [6.45, 7) is 16.0. The highest BCUT2D eigenvalue weighted by atomic mass is 16.1. The van der Waals surface area contributed by atoms with Crippen LogP contribution in [0.1, 0.15) is 77.6 Å². The topological polar surface area (TPSA) is 55.1 Å². The molecule has 4 rings (SSSR count). The molecular formula is C28H50N2O. The lowest BCUT2D eigenvalue weighted by Gasteiger charge is -2.04. The van der Waals surface area contributed by atoms with Crippen molar-refractivity contribution in [1.29, 1.82) is 0 Å². The minimum Gasteiger partial charge on any atom is -0.333 e. The first-order chi connectivity index (χ1) is 15.3. The molecule has 0 heterocycles. The molecule has 0 fully saturated rings. The maximum Gasteiger partial charge on any atom is 0.141 e. The molecule has 0 saturated carbocycles. The van der Waals surface area contributed by atoms with E-state index in [1.54, 1.807) is 0 Å². The number of nitrogens with two attached hydrogens (primary N) is 1. The second-order valence-corrected chi connectivity index (χ2v) is 5.82. The molecule has 3 N–H and O–H groups in total. The first kappa shape index (κ1) is 33.7. The van der Waals surface area contributed by atoms with Gasteiger partial charge in [-0.2, -0.15) is 0 Å². The minimum absolute atomic E-state index is 0.348. The van der Waals surface area contributed by atoms with E-state index in [1.165, 1.54) is 42.1 Å². The quantitative estimate of drug-likeness (QED) is 0.550. The lowest BCUT2D eigenvalue weighted by molar-refractivity contribution is -0.117. The average Bonchev–Trinajstić information content (AvgIpc) is 3.48. The van der Waals surface area contributed by atoms with Crippen molar-refractivity contribution in [3.63, 3.8) is 0 Å². The fraction of sp³-hybridized carbons (Fsp3) is 0.536. The standard InChI is InChI=1S/C10H13N.C9H8O.4C2H6.CH5N/c1-11-10-6-8-4-2-3-5-9(8)7-10;10-9-5-7-3-1-2-4-8(7)6-9;5*1-2/h2-5,10-11H,6-7H2,1H3;1-4H,5-6H2;4*1-2H3;2H2,1H3. The summed E-state index contributed by atoms with van der Waals surface area (Å²) in [4.78, 5) is 10.9. The number of rotatable bonds is 1. The van der Waals surface area contributed by atoms with E-state index >= 15 is 0 Å². The molecule has 2 aromatic rings. The Morgan fingerprint density at radius 3 is 1.23 bits per heavy atom. The summed E-state index contributed by atoms with van der Waals surface area (Å²) in [5.41, 5.74) is 9.97. The van der Waals surface area contributed by atoms with Gasteiger partial charge in [0.25, 0.3) is 0 Å². The van der Waals surface area contributed by atoms with Crippen molar-refractivity contribution >= 4 is 5.78 Å². The third-order valence-corrected chi connectivity index (χ3v) is 4.35. The zero-order valence-electron chi connectivity index (χ0n) is 22.0. The van der Waals surface area contributed by atoms with Gasteiger partial charge in [-0.05, 0) is 49.2 Å². The van der Waals surface area contributed by atoms with Crippen molar-refractivity contribution < 1.29 is 4.79 Å². The van der Waals surface area contributed by atoms with Gasteiger partial charge in [0.05, 0.1) is 0 Å². The molecule has 0 unspecified atom stereocenters. The molecule has 2 aromatic carbocycles. The molecule has 0 radical (unpaired) electrons. The zero-order valence-corrected chi connectivity index (χ0v) is 22.0. The third-order valence-electron chi connectivity index (χ3n) is 4.35. The summed E-state index contributed by atoms with van der Waals surface area (Å²) in [5, 5.41) is 3.31. The van der Waals surface area contributed by atoms with Crippen LogP contribution in [0.5, 0.6) is 0 Å². The van der Waals surface area contributed by atoms with Crippen molar-refractivity contribution in [3.8, 4) is 0 Å². The second kappa shape index (κ2) is 24.3. The van der Waals surface area contributed by atoms with Gasteiger partial charge in [0.15, 0.2) is 0 Å². The second-order valence-electron chi connectivity index (χ2n) is 5.82. The number of carbonyl (C=O) groups is 1. The van der Waals surface area contributed by atoms with E-state index in [2.05, 4.69) is 35.3 Å². The van der Waals surface area contributed by atoms with Gasteiger partial charge in [-0.25, -0.2) is 0 Å². The first-order valence-corrected chi connectivity index (χ1v) is 12.2. The van der Waals surface area contributed by atoms with Gasteiger partial charge in [0.2, 0.25) is 0 Å². The first-order valence-electron chi connectivity index (χ1n) is 12.2. The molecule has 0 spiro atoms. The molecule has 0 aromatic heterocycles. The number of nitrogens with one attached hydrogen (secondary N) is 1. The van der Waals surface area contributed by atoms with E-state index in [-0.39, 0.29) is 0 Å². The van der Waals surface area contributed by atoms with Gasteiger partial charge in [-0.1, -0.05) is 104 Å². The van der Waals surface area contributed by atoms with Crippen LogP contribution < -0.4 is 11.1 Å². The van der Waals surface area contributed by atoms with Crippen LogP contribution in [0.4, 0.5) is 0 Å². The van der Waals surface area contributed by atoms with Crippen LogP contribution in [0.15, 0.2) is 48.5 Å². The molecular weight excluding hydrogens is 380 g/mol. The highest BCUT2D eigenvalue weighted by Gasteiger charge is 2.18. The van der Waals surface area contributed by atoms with E-state index in [1.807, 2.05) is 86.7 Å². The van der Waals surface area contributed by atoms with Crippen LogP contribution in [0, 0.1) is 0 Å². The monoisotopic (exact) mass is 430 g/mol. The number of Topliss-reactive ketones (excluding diaryl/α,β-unsaturated/α-hetero) is 1. The Hall–Kier alpha value is -1.97. The van der Waals surface area contributed by atoms with Crippen LogP contribution in [0.3, 0.4) is 0 Å². The molecule has 0 atom stereocenters. The number of likely N-dealkylation sites (N-methyl/N-ethyl adjacent to an activating group) is 1. The van der Waals surface area contributed by atoms with Crippen LogP contribution in [-0.2, 0) is 30.5 Å². The predicted octanol–water partition coefficient (Wildman–Crippen LogP) is 6.41. The van der Waals surface area contributed by atoms with Crippen molar-refractivity contribution in [3.05, 3.63) is 70.8 Å². The van der Waals surface area contributed by atoms with Gasteiger partial charge >= 0.3 is 0 Å². The highest BCUT2D eigenvalue weighted by molar-refractivity contribution is 5.87. The molecule has 0 saturated heterocycles. The van der Waals surface area contributed by atoms with Crippen molar-refractivity contribution in [2.75, 3.05) is 14.1 Å². The van der Waals surface area contributed by atoms with Gasteiger partial charge in [0.1, 0.15) is 5.78 Å². The number of hydrogen-bond acceptors (Lipinski definition) is 3. The maximum absolute atomic E-state index is 10.9. The van der Waals surface area contributed by atoms with Crippen LogP contribution in [-0.4, -0.2) is 25.9 Å². The van der Waals surface area contributed by atoms with Gasteiger partial charge in [0, 0.05) is 18.9 Å². The Morgan fingerprint density at radius 2 is 0.935 bits per heavy atom. The third kappa shape index (κ3) is 13.1. The maximum atomic E-state index is 10.9. The molecule has 3 nitrogen and oxygen atoms in total. The van der Waals surface area contributed by atoms with Crippen molar-refractivity contribution in [2.45, 2.75) is 87.1 Å². The molecule has 2 aliphatic rings. The Morgan fingerprint density at radius 1 is 0.645 bits per heavy atom. The van der Waals surface area contributed by atoms with Crippen molar-refractivity contribution in [2.24, 2.45) is 5.73 Å². The van der Waals surface area contributed by atoms with Crippen LogP contribution >= 0.6 is 0 Å². The number of benzene rings is 2. The van der Waals surface area contributed by atoms with Crippen molar-refractivity contribution in [1.82, 2.24) is 5.32 Å². The van der Waals surface area contributed by atoms with E-state index in [4.69, 9.17) is 0 Å². The van der Waals surface area contributed by atoms with Gasteiger partial charge in [-0.3, -0.25) is 4.79 Å². The SMILES string of the molecule is CC.CC.CC.CC.CN.CNC1Cc2ccccc2C1.O=C1Cc2ccccc2C1. The van der Waals surface area contributed by atoms with E-state index < -0.39 is 0 Å². The Bertz CT molecular complexity index is 601. The molecule has 31 heavy (non-hydrogen) atoms. The van der Waals surface area contributed by atoms with E-state index in [9.17, 15) is 4.79 Å². The normalized spacial score (nSPS) is 11.9. The summed E-state index contributed by atoms with van der Waals surface area (Å²) in [7, 11) is 3.54. The van der Waals surface area contributed by atoms with Gasteiger partial charge in [-0.15, -0.1) is 0 Å². The lowest BCUT2D eigenvalue weighted by atomic mass is 10.1. The van der Waals surface area contributed by atoms with Crippen LogP contribution in [0.25, 0.3) is 0 Å². The summed E-state index contributed by atoms with van der Waals surface area (Å²) >= 11 is 0. The fourth-order valence-electron chi connectivity index (χ4n) is 3.15. The predicted molar refractivity (Wildman–Crippen MR) is 141 cm³/mol. The number of hydrogen-bond donors (Lipinski definition) is 2. The fourth-order valence-corrected chi connectivity index (χ4v) is 3.15. The van der Waals surface area contributed by atoms with E-state index in [0.717, 1.165) is 0 Å². The van der Waals surface area contributed by atoms with Gasteiger partial charge < -0.3 is 11.1 Å².